The van der Waals surface area contributed by atoms with Gasteiger partial charge in [-0.1, -0.05) is 334 Å². The van der Waals surface area contributed by atoms with Crippen LogP contribution in [0.1, 0.15) is 5.69 Å². The largest absolute Gasteiger partial charge is 0.251 e. The molecule has 0 amide bonds. The Kier molecular flexibility index (Phi) is 15.1. The molecule has 0 aliphatic rings. The maximum Gasteiger partial charge on any atom is 0.0978 e. The number of rotatable bonds is 9. The topological polar surface area (TPSA) is 51.6 Å². The maximum absolute atomic E-state index is 5.42. The summed E-state index contributed by atoms with van der Waals surface area (Å²) in [6.07, 6.45) is 0. The molecule has 0 atom stereocenters. The van der Waals surface area contributed by atoms with Gasteiger partial charge in [0.1, 0.15) is 0 Å². The third-order valence-electron chi connectivity index (χ3n) is 20.6. The van der Waals surface area contributed by atoms with Crippen molar-refractivity contribution in [1.82, 2.24) is 19.9 Å². The van der Waals surface area contributed by atoms with Gasteiger partial charge in [-0.05, 0) is 164 Å². The molecule has 0 fully saturated rings. The molecular weight excluding hydrogens is 1250 g/mol. The summed E-state index contributed by atoms with van der Waals surface area (Å²) < 4.78 is 0. The van der Waals surface area contributed by atoms with E-state index in [9.17, 15) is 0 Å². The lowest BCUT2D eigenvalue weighted by Gasteiger charge is -2.19. The van der Waals surface area contributed by atoms with E-state index < -0.39 is 0 Å². The maximum atomic E-state index is 5.42. The first-order chi connectivity index (χ1) is 51.0. The van der Waals surface area contributed by atoms with Crippen LogP contribution in [-0.2, 0) is 0 Å². The summed E-state index contributed by atoms with van der Waals surface area (Å²) in [6.45, 7) is 2.06. The van der Waals surface area contributed by atoms with E-state index in [4.69, 9.17) is 19.9 Å². The van der Waals surface area contributed by atoms with Gasteiger partial charge in [0.2, 0.25) is 0 Å². The highest BCUT2D eigenvalue weighted by Gasteiger charge is 2.23. The van der Waals surface area contributed by atoms with E-state index in [1.54, 1.807) is 0 Å². The number of aromatic nitrogens is 4. The van der Waals surface area contributed by atoms with Crippen LogP contribution < -0.4 is 0 Å². The van der Waals surface area contributed by atoms with E-state index in [1.807, 2.05) is 6.07 Å². The second kappa shape index (κ2) is 25.6. The van der Waals surface area contributed by atoms with Crippen molar-refractivity contribution >= 4 is 97.5 Å². The zero-order valence-electron chi connectivity index (χ0n) is 56.5. The summed E-state index contributed by atoms with van der Waals surface area (Å²) in [5, 5.41) is 16.9. The zero-order chi connectivity index (χ0) is 68.3. The molecule has 0 saturated carbocycles. The molecule has 4 aromatic heterocycles. The van der Waals surface area contributed by atoms with E-state index in [2.05, 4.69) is 371 Å². The van der Waals surface area contributed by atoms with Gasteiger partial charge in [-0.3, -0.25) is 4.98 Å². The summed E-state index contributed by atoms with van der Waals surface area (Å²) in [5.41, 5.74) is 25.3. The molecule has 0 aliphatic carbocycles. The summed E-state index contributed by atoms with van der Waals surface area (Å²) >= 11 is 0. The van der Waals surface area contributed by atoms with Gasteiger partial charge in [-0.25, -0.2) is 15.0 Å². The minimum Gasteiger partial charge on any atom is -0.251 e. The Bertz CT molecular complexity index is 6580. The van der Waals surface area contributed by atoms with Crippen molar-refractivity contribution in [3.8, 4) is 101 Å². The molecule has 0 aliphatic heterocycles. The van der Waals surface area contributed by atoms with Gasteiger partial charge in [0.15, 0.2) is 0 Å². The van der Waals surface area contributed by atoms with Crippen LogP contribution in [0.25, 0.3) is 198 Å². The van der Waals surface area contributed by atoms with E-state index in [1.165, 1.54) is 115 Å². The fourth-order valence-corrected chi connectivity index (χ4v) is 15.8. The molecule has 0 radical (unpaired) electrons. The van der Waals surface area contributed by atoms with Crippen molar-refractivity contribution in [2.75, 3.05) is 0 Å². The third-order valence-corrected chi connectivity index (χ3v) is 20.6. The van der Waals surface area contributed by atoms with Crippen molar-refractivity contribution in [2.45, 2.75) is 6.92 Å². The van der Waals surface area contributed by atoms with Crippen LogP contribution in [0.3, 0.4) is 0 Å². The highest BCUT2D eigenvalue weighted by atomic mass is 14.8. The van der Waals surface area contributed by atoms with Crippen molar-refractivity contribution in [3.63, 3.8) is 0 Å². The molecular formula is C99H64N4. The fraction of sp³-hybridized carbons (Fsp3) is 0.0101. The van der Waals surface area contributed by atoms with Gasteiger partial charge in [0.25, 0.3) is 0 Å². The monoisotopic (exact) mass is 1310 g/mol. The van der Waals surface area contributed by atoms with Crippen LogP contribution in [0.15, 0.2) is 370 Å². The molecule has 16 aromatic carbocycles. The minimum atomic E-state index is 0.914. The number of hydrogen-bond acceptors (Lipinski definition) is 4. The van der Waals surface area contributed by atoms with Crippen LogP contribution in [0, 0.1) is 6.92 Å². The predicted molar refractivity (Wildman–Crippen MR) is 435 cm³/mol. The van der Waals surface area contributed by atoms with Crippen LogP contribution in [0.2, 0.25) is 0 Å². The van der Waals surface area contributed by atoms with E-state index in [-0.39, 0.29) is 0 Å². The number of aryl methyl sites for hydroxylation is 1. The molecule has 103 heavy (non-hydrogen) atoms. The molecule has 20 aromatic rings. The van der Waals surface area contributed by atoms with E-state index >= 15 is 0 Å². The Morgan fingerprint density at radius 3 is 0.835 bits per heavy atom. The summed E-state index contributed by atoms with van der Waals surface area (Å²) in [4.78, 5) is 20.9. The molecule has 4 nitrogen and oxygen atoms in total. The third kappa shape index (κ3) is 10.8. The Labute approximate surface area is 596 Å². The van der Waals surface area contributed by atoms with Gasteiger partial charge in [0.05, 0.1) is 39.1 Å². The zero-order valence-corrected chi connectivity index (χ0v) is 56.5. The van der Waals surface area contributed by atoms with Gasteiger partial charge in [-0.15, -0.1) is 0 Å². The quantitative estimate of drug-likeness (QED) is 0.107. The Hall–Kier alpha value is -13.5. The van der Waals surface area contributed by atoms with Crippen molar-refractivity contribution < 1.29 is 0 Å². The number of hydrogen-bond donors (Lipinski definition) is 0. The number of pyridine rings is 4. The average molecular weight is 1310 g/mol. The van der Waals surface area contributed by atoms with Gasteiger partial charge in [-0.2, -0.15) is 0 Å². The standard InChI is InChI=1S/C51H34N2.C48H30N2/c1-33-25-30-43-48(36-17-7-3-8-18-36)49(37-19-9-4-10-20-37)44-31-32-45(53-51(44)50(43)52-33)34-26-28-38(29-27-34)47-41-23-13-11-21-39(41)46(35-15-5-2-6-16-35)40-22-12-14-24-42(40)47;1-2-11-32(12-3-1)43-28-26-35-23-24-36-27-29-44(50-48(36)47(35)49-43)33-19-21-34(22-20-33)45-39-14-6-8-16-41(39)46(42-17-9-7-15-40(42)45)38-25-18-31-10-4-5-13-37(31)30-38/h2-32H,1H3;1-30H. The van der Waals surface area contributed by atoms with Crippen LogP contribution in [0.4, 0.5) is 0 Å². The minimum absolute atomic E-state index is 0.914. The lowest BCUT2D eigenvalue weighted by molar-refractivity contribution is 1.25. The average Bonchev–Trinajstić information content (AvgIpc) is 0.745. The van der Waals surface area contributed by atoms with Crippen LogP contribution in [0.5, 0.6) is 0 Å². The van der Waals surface area contributed by atoms with Gasteiger partial charge >= 0.3 is 0 Å². The molecule has 480 valence electrons. The number of fused-ring (bicyclic) bond motifs is 11. The van der Waals surface area contributed by atoms with Crippen LogP contribution in [-0.4, -0.2) is 19.9 Å². The molecule has 0 saturated heterocycles. The molecule has 0 spiro atoms. The second-order valence-corrected chi connectivity index (χ2v) is 26.7. The summed E-state index contributed by atoms with van der Waals surface area (Å²) in [5.74, 6) is 0. The molecule has 4 heteroatoms. The van der Waals surface area contributed by atoms with Crippen molar-refractivity contribution in [1.29, 1.82) is 0 Å². The lowest BCUT2D eigenvalue weighted by Crippen LogP contribution is -1.97. The second-order valence-electron chi connectivity index (χ2n) is 26.7. The Morgan fingerprint density at radius 1 is 0.155 bits per heavy atom. The predicted octanol–water partition coefficient (Wildman–Crippen LogP) is 26.6. The summed E-state index contributed by atoms with van der Waals surface area (Å²) in [7, 11) is 0. The SMILES string of the molecule is Cc1ccc2c(-c3ccccc3)c(-c3ccccc3)c3ccc(-c4ccc(-c5c6ccccc6c(-c6ccccc6)c6ccccc56)cc4)nc3c2n1.c1ccc(-c2ccc3ccc4ccc(-c5ccc(-c6c7ccccc7c(-c7ccc8ccccc8c7)c7ccccc67)cc5)nc4c3n2)cc1. The Morgan fingerprint density at radius 2 is 0.417 bits per heavy atom. The molecule has 0 N–H and O–H groups in total. The Balaban J connectivity index is 0.000000142. The highest BCUT2D eigenvalue weighted by Crippen LogP contribution is 2.48. The molecule has 20 rings (SSSR count). The highest BCUT2D eigenvalue weighted by molar-refractivity contribution is 6.24. The molecule has 4 heterocycles. The fourth-order valence-electron chi connectivity index (χ4n) is 15.8. The van der Waals surface area contributed by atoms with Crippen molar-refractivity contribution in [3.05, 3.63) is 376 Å². The lowest BCUT2D eigenvalue weighted by atomic mass is 9.85. The van der Waals surface area contributed by atoms with Crippen molar-refractivity contribution in [2.24, 2.45) is 0 Å². The normalized spacial score (nSPS) is 11.5. The molecule has 0 bridgehead atoms. The first-order valence-electron chi connectivity index (χ1n) is 35.3. The summed E-state index contributed by atoms with van der Waals surface area (Å²) in [6, 6.07) is 133. The number of nitrogens with zero attached hydrogens (tertiary/aromatic N) is 4. The van der Waals surface area contributed by atoms with Crippen LogP contribution >= 0.6 is 0 Å². The smallest absolute Gasteiger partial charge is 0.0978 e. The van der Waals surface area contributed by atoms with Gasteiger partial charge < -0.3 is 0 Å². The number of benzene rings is 16. The first-order valence-corrected chi connectivity index (χ1v) is 35.3. The van der Waals surface area contributed by atoms with E-state index in [0.29, 0.717) is 0 Å². The molecule has 0 unspecified atom stereocenters. The first kappa shape index (κ1) is 60.6. The van der Waals surface area contributed by atoms with Gasteiger partial charge in [0, 0.05) is 43.9 Å². The van der Waals surface area contributed by atoms with E-state index in [0.717, 1.165) is 88.6 Å².